The zero-order valence-corrected chi connectivity index (χ0v) is 15.8. The Hall–Kier alpha value is -4.25. The fraction of sp³-hybridized carbons (Fsp3) is 0.136. The Morgan fingerprint density at radius 2 is 1.87 bits per heavy atom. The first-order chi connectivity index (χ1) is 14.4. The molecule has 0 fully saturated rings. The molecule has 8 heteroatoms. The number of carboxylic acid groups (broad SMARTS) is 1. The number of nitriles is 1. The number of rotatable bonds is 7. The van der Waals surface area contributed by atoms with Gasteiger partial charge in [-0.1, -0.05) is 36.4 Å². The van der Waals surface area contributed by atoms with Crippen molar-refractivity contribution in [2.45, 2.75) is 18.9 Å². The van der Waals surface area contributed by atoms with Crippen molar-refractivity contribution in [3.05, 3.63) is 71.5 Å². The van der Waals surface area contributed by atoms with Gasteiger partial charge in [-0.15, -0.1) is 0 Å². The van der Waals surface area contributed by atoms with Gasteiger partial charge < -0.3 is 16.2 Å². The van der Waals surface area contributed by atoms with Gasteiger partial charge in [0, 0.05) is 12.0 Å². The first kappa shape index (κ1) is 20.5. The predicted molar refractivity (Wildman–Crippen MR) is 110 cm³/mol. The molecule has 3 aromatic rings. The van der Waals surface area contributed by atoms with Crippen molar-refractivity contribution in [3.8, 4) is 6.07 Å². The molecule has 30 heavy (non-hydrogen) atoms. The quantitative estimate of drug-likeness (QED) is 0.515. The summed E-state index contributed by atoms with van der Waals surface area (Å²) in [4.78, 5) is 40.9. The molecule has 0 bridgehead atoms. The van der Waals surface area contributed by atoms with Gasteiger partial charge in [0.1, 0.15) is 6.07 Å². The Labute approximate surface area is 172 Å². The third-order valence-electron chi connectivity index (χ3n) is 4.58. The minimum absolute atomic E-state index is 0.0638. The van der Waals surface area contributed by atoms with E-state index in [1.807, 2.05) is 24.3 Å². The third-order valence-corrected chi connectivity index (χ3v) is 4.58. The van der Waals surface area contributed by atoms with E-state index >= 15 is 0 Å². The number of amides is 1. The summed E-state index contributed by atoms with van der Waals surface area (Å²) in [6.45, 7) is 0. The second kappa shape index (κ2) is 8.84. The van der Waals surface area contributed by atoms with Crippen LogP contribution in [0.4, 0.5) is 5.69 Å². The number of hydrogen-bond acceptors (Lipinski definition) is 6. The molecule has 0 aliphatic rings. The van der Waals surface area contributed by atoms with Crippen molar-refractivity contribution < 1.29 is 19.5 Å². The molecule has 0 aliphatic heterocycles. The van der Waals surface area contributed by atoms with Gasteiger partial charge in [0.25, 0.3) is 5.91 Å². The van der Waals surface area contributed by atoms with E-state index in [4.69, 9.17) is 10.8 Å². The highest BCUT2D eigenvalue weighted by Crippen LogP contribution is 2.20. The van der Waals surface area contributed by atoms with Gasteiger partial charge in [-0.2, -0.15) is 5.26 Å². The number of aliphatic carboxylic acids is 1. The predicted octanol–water partition coefficient (Wildman–Crippen LogP) is 2.53. The second-order valence-electron chi connectivity index (χ2n) is 6.63. The first-order valence-corrected chi connectivity index (χ1v) is 9.11. The van der Waals surface area contributed by atoms with Crippen LogP contribution in [0, 0.1) is 11.3 Å². The lowest BCUT2D eigenvalue weighted by molar-refractivity contribution is -0.137. The zero-order chi connectivity index (χ0) is 21.7. The van der Waals surface area contributed by atoms with Crippen molar-refractivity contribution in [2.75, 3.05) is 5.73 Å². The van der Waals surface area contributed by atoms with E-state index in [-0.39, 0.29) is 29.8 Å². The molecular weight excluding hydrogens is 384 g/mol. The Morgan fingerprint density at radius 1 is 1.13 bits per heavy atom. The molecule has 3 rings (SSSR count). The summed E-state index contributed by atoms with van der Waals surface area (Å²) in [6, 6.07) is 14.4. The number of nitrogen functional groups attached to an aromatic ring is 1. The molecule has 0 radical (unpaired) electrons. The molecule has 4 N–H and O–H groups in total. The third kappa shape index (κ3) is 4.42. The number of Topliss-reactive ketones (excluding diaryl/α,β-unsaturated/α-hetero) is 1. The van der Waals surface area contributed by atoms with Crippen LogP contribution in [0.25, 0.3) is 10.8 Å². The smallest absolute Gasteiger partial charge is 0.303 e. The van der Waals surface area contributed by atoms with Gasteiger partial charge >= 0.3 is 5.97 Å². The molecule has 150 valence electrons. The monoisotopic (exact) mass is 402 g/mol. The first-order valence-electron chi connectivity index (χ1n) is 9.11. The van der Waals surface area contributed by atoms with E-state index in [0.29, 0.717) is 10.9 Å². The van der Waals surface area contributed by atoms with Crippen LogP contribution >= 0.6 is 0 Å². The molecule has 0 saturated carbocycles. The van der Waals surface area contributed by atoms with Gasteiger partial charge in [-0.3, -0.25) is 14.4 Å². The van der Waals surface area contributed by atoms with Crippen molar-refractivity contribution >= 4 is 34.1 Å². The van der Waals surface area contributed by atoms with Crippen molar-refractivity contribution in [3.63, 3.8) is 0 Å². The molecule has 1 amide bonds. The maximum Gasteiger partial charge on any atom is 0.303 e. The number of nitrogens with two attached hydrogens (primary N) is 1. The molecule has 0 saturated heterocycles. The standard InChI is InChI=1S/C22H18N4O4/c23-11-19-17(10-14(24)12-25-19)21(29)18(8-9-20(27)28)26-22(30)16-7-3-5-13-4-1-2-6-15(13)16/h1-7,10,12,18H,8-9,24H2,(H,26,30)(H,27,28)/t18-/m0/s1. The highest BCUT2D eigenvalue weighted by atomic mass is 16.4. The molecular formula is C22H18N4O4. The van der Waals surface area contributed by atoms with E-state index in [2.05, 4.69) is 10.3 Å². The molecule has 2 aromatic carbocycles. The molecule has 0 aliphatic carbocycles. The number of nitrogens with zero attached hydrogens (tertiary/aromatic N) is 2. The lowest BCUT2D eigenvalue weighted by Gasteiger charge is -2.18. The molecule has 1 aromatic heterocycles. The van der Waals surface area contributed by atoms with E-state index in [9.17, 15) is 19.6 Å². The average molecular weight is 402 g/mol. The summed E-state index contributed by atoms with van der Waals surface area (Å²) in [6.07, 6.45) is 0.754. The van der Waals surface area contributed by atoms with Crippen LogP contribution in [0.5, 0.6) is 0 Å². The summed E-state index contributed by atoms with van der Waals surface area (Å²) < 4.78 is 0. The number of pyridine rings is 1. The summed E-state index contributed by atoms with van der Waals surface area (Å²) >= 11 is 0. The number of benzene rings is 2. The Bertz CT molecular complexity index is 1180. The van der Waals surface area contributed by atoms with E-state index in [1.54, 1.807) is 24.3 Å². The number of carbonyl (C=O) groups is 3. The van der Waals surface area contributed by atoms with Crippen LogP contribution in [-0.4, -0.2) is 33.8 Å². The number of carbonyl (C=O) groups excluding carboxylic acids is 2. The maximum atomic E-state index is 13.1. The number of nitrogens with one attached hydrogen (secondary N) is 1. The maximum absolute atomic E-state index is 13.1. The molecule has 0 unspecified atom stereocenters. The largest absolute Gasteiger partial charge is 0.481 e. The summed E-state index contributed by atoms with van der Waals surface area (Å²) in [5.41, 5.74) is 6.01. The average Bonchev–Trinajstić information content (AvgIpc) is 2.75. The molecule has 1 heterocycles. The van der Waals surface area contributed by atoms with Gasteiger partial charge in [0.15, 0.2) is 11.5 Å². The highest BCUT2D eigenvalue weighted by Gasteiger charge is 2.26. The minimum Gasteiger partial charge on any atom is -0.481 e. The lowest BCUT2D eigenvalue weighted by Crippen LogP contribution is -2.41. The summed E-state index contributed by atoms with van der Waals surface area (Å²) in [7, 11) is 0. The number of ketones is 1. The number of carboxylic acids is 1. The van der Waals surface area contributed by atoms with Crippen LogP contribution in [0.15, 0.2) is 54.7 Å². The van der Waals surface area contributed by atoms with Crippen LogP contribution in [-0.2, 0) is 4.79 Å². The van der Waals surface area contributed by atoms with E-state index in [0.717, 1.165) is 5.39 Å². The van der Waals surface area contributed by atoms with E-state index < -0.39 is 23.7 Å². The SMILES string of the molecule is N#Cc1ncc(N)cc1C(=O)[C@H](CCC(=O)O)NC(=O)c1cccc2ccccc12. The normalized spacial score (nSPS) is 11.4. The van der Waals surface area contributed by atoms with Crippen molar-refractivity contribution in [1.29, 1.82) is 5.26 Å². The van der Waals surface area contributed by atoms with Crippen LogP contribution in [0.2, 0.25) is 0 Å². The van der Waals surface area contributed by atoms with Gasteiger partial charge in [0.05, 0.1) is 23.5 Å². The number of hydrogen-bond donors (Lipinski definition) is 3. The van der Waals surface area contributed by atoms with Crippen LogP contribution in [0.3, 0.4) is 0 Å². The Morgan fingerprint density at radius 3 is 2.60 bits per heavy atom. The topological polar surface area (TPSA) is 146 Å². The van der Waals surface area contributed by atoms with Crippen molar-refractivity contribution in [1.82, 2.24) is 10.3 Å². The Kier molecular flexibility index (Phi) is 6.03. The fourth-order valence-electron chi connectivity index (χ4n) is 3.14. The van der Waals surface area contributed by atoms with Gasteiger partial charge in [0.2, 0.25) is 0 Å². The summed E-state index contributed by atoms with van der Waals surface area (Å²) in [5, 5.41) is 22.5. The van der Waals surface area contributed by atoms with E-state index in [1.165, 1.54) is 12.3 Å². The Balaban J connectivity index is 1.95. The number of aromatic nitrogens is 1. The molecule has 8 nitrogen and oxygen atoms in total. The van der Waals surface area contributed by atoms with Gasteiger partial charge in [-0.25, -0.2) is 4.98 Å². The zero-order valence-electron chi connectivity index (χ0n) is 15.8. The molecule has 0 spiro atoms. The fourth-order valence-corrected chi connectivity index (χ4v) is 3.14. The van der Waals surface area contributed by atoms with Crippen LogP contribution in [0.1, 0.15) is 39.3 Å². The minimum atomic E-state index is -1.16. The molecule has 1 atom stereocenters. The lowest BCUT2D eigenvalue weighted by atomic mass is 9.97. The van der Waals surface area contributed by atoms with Crippen LogP contribution < -0.4 is 11.1 Å². The highest BCUT2D eigenvalue weighted by molar-refractivity contribution is 6.10. The summed E-state index contributed by atoms with van der Waals surface area (Å²) in [5.74, 6) is -2.26. The van der Waals surface area contributed by atoms with Crippen molar-refractivity contribution in [2.24, 2.45) is 0 Å². The van der Waals surface area contributed by atoms with Gasteiger partial charge in [-0.05, 0) is 29.3 Å². The number of anilines is 1. The number of fused-ring (bicyclic) bond motifs is 1. The second-order valence-corrected chi connectivity index (χ2v) is 6.63.